The van der Waals surface area contributed by atoms with E-state index in [0.29, 0.717) is 9.36 Å². The Morgan fingerprint density at radius 1 is 1.06 bits per heavy atom. The molecule has 0 bridgehead atoms. The Bertz CT molecular complexity index is 570. The molecule has 1 heterocycles. The van der Waals surface area contributed by atoms with E-state index in [1.54, 1.807) is 0 Å². The Morgan fingerprint density at radius 2 is 1.71 bits per heavy atom. The van der Waals surface area contributed by atoms with E-state index in [9.17, 15) is 0 Å². The maximum atomic E-state index is 6.03. The quantitative estimate of drug-likeness (QED) is 0.750. The lowest BCUT2D eigenvalue weighted by Crippen LogP contribution is -2.07. The smallest absolute Gasteiger partial charge is 0.147 e. The van der Waals surface area contributed by atoms with E-state index in [2.05, 4.69) is 4.99 Å². The Labute approximate surface area is 117 Å². The Balaban J connectivity index is 2.36. The summed E-state index contributed by atoms with van der Waals surface area (Å²) in [5, 5.41) is 0.540. The molecule has 0 amide bonds. The number of anilines is 1. The Morgan fingerprint density at radius 3 is 2.18 bits per heavy atom. The van der Waals surface area contributed by atoms with E-state index in [-0.39, 0.29) is 0 Å². The highest BCUT2D eigenvalue weighted by Crippen LogP contribution is 2.27. The van der Waals surface area contributed by atoms with Crippen molar-refractivity contribution < 1.29 is 0 Å². The molecule has 2 nitrogen and oxygen atoms in total. The van der Waals surface area contributed by atoms with Gasteiger partial charge in [0.15, 0.2) is 0 Å². The summed E-state index contributed by atoms with van der Waals surface area (Å²) in [5.74, 6) is 0. The van der Waals surface area contributed by atoms with Gasteiger partial charge in [-0.1, -0.05) is 43.9 Å². The van der Waals surface area contributed by atoms with Crippen LogP contribution < -0.4 is 9.57 Å². The van der Waals surface area contributed by atoms with Gasteiger partial charge >= 0.3 is 0 Å². The molecule has 0 atom stereocenters. The molecule has 0 aliphatic rings. The second kappa shape index (κ2) is 5.40. The summed E-state index contributed by atoms with van der Waals surface area (Å²) in [4.78, 5) is 6.50. The minimum atomic E-state index is 0.540. The normalized spacial score (nSPS) is 11.9. The van der Waals surface area contributed by atoms with Gasteiger partial charge in [0.1, 0.15) is 14.0 Å². The molecule has 0 unspecified atom stereocenters. The van der Waals surface area contributed by atoms with Crippen LogP contribution in [-0.2, 0) is 0 Å². The zero-order chi connectivity index (χ0) is 12.4. The van der Waals surface area contributed by atoms with Gasteiger partial charge in [-0.15, -0.1) is 0 Å². The highest BCUT2D eigenvalue weighted by atomic mass is 35.5. The van der Waals surface area contributed by atoms with Crippen molar-refractivity contribution in [3.8, 4) is 0 Å². The second-order valence-corrected chi connectivity index (χ2v) is 6.69. The van der Waals surface area contributed by atoms with E-state index < -0.39 is 0 Å². The summed E-state index contributed by atoms with van der Waals surface area (Å²) < 4.78 is 1.36. The predicted octanol–water partition coefficient (Wildman–Crippen LogP) is 4.41. The van der Waals surface area contributed by atoms with Gasteiger partial charge in [0.25, 0.3) is 0 Å². The number of rotatable bonds is 2. The first-order valence-electron chi connectivity index (χ1n) is 4.84. The van der Waals surface area contributed by atoms with Crippen LogP contribution in [0.5, 0.6) is 0 Å². The van der Waals surface area contributed by atoms with Crippen molar-refractivity contribution in [2.45, 2.75) is 0 Å². The van der Waals surface area contributed by atoms with Gasteiger partial charge in [-0.2, -0.15) is 0 Å². The van der Waals surface area contributed by atoms with Crippen LogP contribution in [0.25, 0.3) is 0 Å². The van der Waals surface area contributed by atoms with Crippen molar-refractivity contribution in [1.82, 2.24) is 0 Å². The van der Waals surface area contributed by atoms with E-state index in [4.69, 9.17) is 23.2 Å². The molecule has 0 radical (unpaired) electrons. The largest absolute Gasteiger partial charge is 0.378 e. The summed E-state index contributed by atoms with van der Waals surface area (Å²) in [6.45, 7) is 0. The van der Waals surface area contributed by atoms with Crippen molar-refractivity contribution in [2.75, 3.05) is 19.0 Å². The maximum Gasteiger partial charge on any atom is 0.147 e. The van der Waals surface area contributed by atoms with E-state index >= 15 is 0 Å². The molecule has 1 aromatic carbocycles. The fourth-order valence-corrected chi connectivity index (χ4v) is 3.99. The van der Waals surface area contributed by atoms with Crippen LogP contribution in [0.1, 0.15) is 0 Å². The molecule has 0 aliphatic heterocycles. The standard InChI is InChI=1S/C11H10Cl2N2S2/c1-15(2)8-5-3-7(4-6-8)14-11-9(12)10(13)16-17-11/h3-6H,1-2H3. The number of benzene rings is 1. The molecule has 1 aromatic heterocycles. The average Bonchev–Trinajstić information content (AvgIpc) is 2.62. The first kappa shape index (κ1) is 12.9. The number of halogens is 2. The maximum absolute atomic E-state index is 6.03. The van der Waals surface area contributed by atoms with Crippen LogP contribution in [0, 0.1) is 0 Å². The predicted molar refractivity (Wildman–Crippen MR) is 78.2 cm³/mol. The van der Waals surface area contributed by atoms with Gasteiger partial charge in [0.2, 0.25) is 0 Å². The molecular weight excluding hydrogens is 295 g/mol. The van der Waals surface area contributed by atoms with Crippen molar-refractivity contribution in [2.24, 2.45) is 4.99 Å². The average molecular weight is 305 g/mol. The van der Waals surface area contributed by atoms with E-state index in [1.165, 1.54) is 20.7 Å². The number of nitrogens with zero attached hydrogens (tertiary/aromatic N) is 2. The molecule has 0 fully saturated rings. The van der Waals surface area contributed by atoms with Crippen LogP contribution in [0.3, 0.4) is 0 Å². The molecule has 6 heteroatoms. The molecule has 0 aliphatic carbocycles. The number of hydrogen-bond donors (Lipinski definition) is 0. The van der Waals surface area contributed by atoms with Crippen molar-refractivity contribution in [3.05, 3.63) is 38.3 Å². The van der Waals surface area contributed by atoms with Gasteiger partial charge in [0, 0.05) is 19.8 Å². The molecule has 0 saturated heterocycles. The first-order chi connectivity index (χ1) is 8.08. The van der Waals surface area contributed by atoms with Gasteiger partial charge in [0.05, 0.1) is 5.69 Å². The Hall–Kier alpha value is -0.550. The molecule has 0 spiro atoms. The summed E-state index contributed by atoms with van der Waals surface area (Å²) in [7, 11) is 6.92. The van der Waals surface area contributed by atoms with Gasteiger partial charge in [-0.25, -0.2) is 4.99 Å². The summed E-state index contributed by atoms with van der Waals surface area (Å²) >= 11 is 11.9. The molecule has 0 saturated carbocycles. The van der Waals surface area contributed by atoms with Gasteiger partial charge in [-0.3, -0.25) is 0 Å². The third kappa shape index (κ3) is 3.01. The summed E-state index contributed by atoms with van der Waals surface area (Å²) in [6, 6.07) is 7.96. The minimum absolute atomic E-state index is 0.540. The Kier molecular flexibility index (Phi) is 4.09. The third-order valence-corrected chi connectivity index (χ3v) is 5.65. The third-order valence-electron chi connectivity index (χ3n) is 2.15. The van der Waals surface area contributed by atoms with Crippen LogP contribution in [0.2, 0.25) is 9.36 Å². The van der Waals surface area contributed by atoms with E-state index in [0.717, 1.165) is 16.0 Å². The summed E-state index contributed by atoms with van der Waals surface area (Å²) in [6.07, 6.45) is 0. The van der Waals surface area contributed by atoms with Crippen molar-refractivity contribution in [3.63, 3.8) is 0 Å². The van der Waals surface area contributed by atoms with Gasteiger partial charge in [-0.05, 0) is 24.3 Å². The SMILES string of the molecule is CN(C)c1ccc(N=c2ssc(Cl)c2Cl)cc1. The lowest BCUT2D eigenvalue weighted by Gasteiger charge is -2.11. The molecule has 2 rings (SSSR count). The second-order valence-electron chi connectivity index (χ2n) is 3.58. The lowest BCUT2D eigenvalue weighted by atomic mass is 10.3. The molecule has 90 valence electrons. The van der Waals surface area contributed by atoms with Crippen molar-refractivity contribution in [1.29, 1.82) is 0 Å². The van der Waals surface area contributed by atoms with Crippen LogP contribution >= 0.6 is 43.9 Å². The number of hydrogen-bond acceptors (Lipinski definition) is 4. The van der Waals surface area contributed by atoms with Crippen LogP contribution in [-0.4, -0.2) is 14.1 Å². The fraction of sp³-hybridized carbons (Fsp3) is 0.182. The van der Waals surface area contributed by atoms with E-state index in [1.807, 2.05) is 43.3 Å². The van der Waals surface area contributed by atoms with Crippen molar-refractivity contribution >= 4 is 55.3 Å². The molecule has 17 heavy (non-hydrogen) atoms. The highest BCUT2D eigenvalue weighted by molar-refractivity contribution is 7.69. The zero-order valence-corrected chi connectivity index (χ0v) is 12.4. The summed E-state index contributed by atoms with van der Waals surface area (Å²) in [5.41, 5.74) is 2.02. The minimum Gasteiger partial charge on any atom is -0.378 e. The topological polar surface area (TPSA) is 15.6 Å². The van der Waals surface area contributed by atoms with Crippen LogP contribution in [0.15, 0.2) is 29.3 Å². The zero-order valence-electron chi connectivity index (χ0n) is 9.28. The lowest BCUT2D eigenvalue weighted by molar-refractivity contribution is 1.13. The van der Waals surface area contributed by atoms with Gasteiger partial charge < -0.3 is 4.90 Å². The first-order valence-corrected chi connectivity index (χ1v) is 7.75. The molecular formula is C11H10Cl2N2S2. The van der Waals surface area contributed by atoms with Crippen LogP contribution in [0.4, 0.5) is 11.4 Å². The monoisotopic (exact) mass is 304 g/mol. The highest BCUT2D eigenvalue weighted by Gasteiger charge is 2.03. The fourth-order valence-electron chi connectivity index (χ4n) is 1.24. The molecule has 2 aromatic rings. The molecule has 0 N–H and O–H groups in total.